The third-order valence-electron chi connectivity index (χ3n) is 5.86. The first-order chi connectivity index (χ1) is 16.1. The Balaban J connectivity index is 1.41. The van der Waals surface area contributed by atoms with Crippen LogP contribution in [0, 0.1) is 16.4 Å². The van der Waals surface area contributed by atoms with Crippen LogP contribution in [0.25, 0.3) is 17.1 Å². The number of piperazine rings is 1. The Morgan fingerprint density at radius 2 is 1.45 bits per heavy atom. The minimum absolute atomic E-state index is 0.196. The van der Waals surface area contributed by atoms with Crippen LogP contribution in [0.2, 0.25) is 0 Å². The Morgan fingerprint density at radius 3 is 2.15 bits per heavy atom. The van der Waals surface area contributed by atoms with Gasteiger partial charge in [-0.25, -0.2) is 13.5 Å². The third-order valence-corrected chi connectivity index (χ3v) is 6.25. The van der Waals surface area contributed by atoms with Crippen LogP contribution >= 0.6 is 12.2 Å². The second-order valence-electron chi connectivity index (χ2n) is 7.98. The van der Waals surface area contributed by atoms with Gasteiger partial charge in [-0.1, -0.05) is 30.3 Å². The summed E-state index contributed by atoms with van der Waals surface area (Å²) < 4.78 is 32.0. The topological polar surface area (TPSA) is 29.2 Å². The van der Waals surface area contributed by atoms with E-state index >= 15 is 0 Å². The molecule has 1 aliphatic rings. The summed E-state index contributed by atoms with van der Waals surface area (Å²) in [5.74, 6) is 0.172. The first-order valence-corrected chi connectivity index (χ1v) is 11.2. The molecule has 5 rings (SSSR count). The van der Waals surface area contributed by atoms with Gasteiger partial charge >= 0.3 is 0 Å². The van der Waals surface area contributed by atoms with Gasteiger partial charge in [0, 0.05) is 37.4 Å². The van der Waals surface area contributed by atoms with Gasteiger partial charge in [-0.15, -0.1) is 5.10 Å². The van der Waals surface area contributed by atoms with Crippen molar-refractivity contribution in [2.75, 3.05) is 31.1 Å². The van der Waals surface area contributed by atoms with Gasteiger partial charge in [0.25, 0.3) is 0 Å². The number of halogens is 2. The maximum atomic E-state index is 14.2. The molecule has 0 N–H and O–H groups in total. The molecular weight excluding hydrogens is 440 g/mol. The molecule has 1 aliphatic heterocycles. The zero-order valence-corrected chi connectivity index (χ0v) is 18.8. The van der Waals surface area contributed by atoms with Crippen molar-refractivity contribution in [3.63, 3.8) is 0 Å². The van der Waals surface area contributed by atoms with Crippen molar-refractivity contribution in [2.45, 2.75) is 6.67 Å². The molecule has 0 radical (unpaired) electrons. The van der Waals surface area contributed by atoms with Gasteiger partial charge in [0.2, 0.25) is 4.77 Å². The summed E-state index contributed by atoms with van der Waals surface area (Å²) in [6.07, 6.45) is 0. The smallest absolute Gasteiger partial charge is 0.204 e. The highest BCUT2D eigenvalue weighted by atomic mass is 32.1. The summed E-state index contributed by atoms with van der Waals surface area (Å²) in [5, 5.41) is 4.81. The molecule has 0 atom stereocenters. The molecule has 0 amide bonds. The predicted octanol–water partition coefficient (Wildman–Crippen LogP) is 5.13. The van der Waals surface area contributed by atoms with Gasteiger partial charge < -0.3 is 4.90 Å². The normalized spacial score (nSPS) is 14.5. The van der Waals surface area contributed by atoms with E-state index in [2.05, 4.69) is 9.80 Å². The van der Waals surface area contributed by atoms with Crippen LogP contribution < -0.4 is 4.90 Å². The molecule has 2 heterocycles. The van der Waals surface area contributed by atoms with Gasteiger partial charge in [-0.2, -0.15) is 0 Å². The van der Waals surface area contributed by atoms with Crippen molar-refractivity contribution < 1.29 is 8.78 Å². The molecule has 0 unspecified atom stereocenters. The number of nitrogens with zero attached hydrogens (tertiary/aromatic N) is 5. The second kappa shape index (κ2) is 9.25. The fourth-order valence-electron chi connectivity index (χ4n) is 4.12. The van der Waals surface area contributed by atoms with E-state index in [0.29, 0.717) is 23.0 Å². The van der Waals surface area contributed by atoms with Crippen LogP contribution in [0.5, 0.6) is 0 Å². The Bertz CT molecular complexity index is 1290. The lowest BCUT2D eigenvalue weighted by molar-refractivity contribution is 0.194. The summed E-state index contributed by atoms with van der Waals surface area (Å²) in [7, 11) is 0. The Morgan fingerprint density at radius 1 is 0.788 bits per heavy atom. The van der Waals surface area contributed by atoms with E-state index in [4.69, 9.17) is 17.3 Å². The van der Waals surface area contributed by atoms with Crippen molar-refractivity contribution in [1.29, 1.82) is 0 Å². The number of hydrogen-bond acceptors (Lipinski definition) is 4. The lowest BCUT2D eigenvalue weighted by atomic mass is 10.2. The van der Waals surface area contributed by atoms with Gasteiger partial charge in [-0.05, 0) is 60.7 Å². The molecule has 1 saturated heterocycles. The van der Waals surface area contributed by atoms with Crippen molar-refractivity contribution in [3.05, 3.63) is 95.3 Å². The van der Waals surface area contributed by atoms with Crippen LogP contribution in [-0.2, 0) is 6.67 Å². The summed E-state index contributed by atoms with van der Waals surface area (Å²) in [5.41, 5.74) is 2.33. The maximum Gasteiger partial charge on any atom is 0.204 e. The summed E-state index contributed by atoms with van der Waals surface area (Å²) >= 11 is 5.81. The van der Waals surface area contributed by atoms with Crippen molar-refractivity contribution in [1.82, 2.24) is 19.2 Å². The molecule has 33 heavy (non-hydrogen) atoms. The second-order valence-corrected chi connectivity index (χ2v) is 8.35. The van der Waals surface area contributed by atoms with E-state index in [-0.39, 0.29) is 11.6 Å². The SMILES string of the molecule is Fc1ccc(-c2nn(CN3CCN(c4ccccc4F)CC3)c(=S)n2-c2ccccc2)cc1. The molecule has 0 aliphatic carbocycles. The van der Waals surface area contributed by atoms with Crippen LogP contribution in [0.3, 0.4) is 0 Å². The van der Waals surface area contributed by atoms with Gasteiger partial charge in [0.15, 0.2) is 5.82 Å². The molecule has 8 heteroatoms. The molecule has 4 aromatic rings. The number of benzene rings is 3. The van der Waals surface area contributed by atoms with E-state index in [0.717, 1.165) is 37.4 Å². The third kappa shape index (κ3) is 4.44. The van der Waals surface area contributed by atoms with Crippen LogP contribution in [-0.4, -0.2) is 45.4 Å². The van der Waals surface area contributed by atoms with Gasteiger partial charge in [0.05, 0.1) is 12.4 Å². The highest BCUT2D eigenvalue weighted by Crippen LogP contribution is 2.24. The molecular formula is C25H23F2N5S. The molecule has 1 aromatic heterocycles. The Labute approximate surface area is 196 Å². The molecule has 1 fully saturated rings. The molecule has 168 valence electrons. The van der Waals surface area contributed by atoms with E-state index in [1.165, 1.54) is 18.2 Å². The lowest BCUT2D eigenvalue weighted by Crippen LogP contribution is -2.47. The number of hydrogen-bond donors (Lipinski definition) is 0. The van der Waals surface area contributed by atoms with Gasteiger partial charge in [-0.3, -0.25) is 9.47 Å². The zero-order valence-electron chi connectivity index (χ0n) is 17.9. The zero-order chi connectivity index (χ0) is 22.8. The lowest BCUT2D eigenvalue weighted by Gasteiger charge is -2.35. The quantitative estimate of drug-likeness (QED) is 0.384. The van der Waals surface area contributed by atoms with E-state index in [1.54, 1.807) is 22.9 Å². The summed E-state index contributed by atoms with van der Waals surface area (Å²) in [4.78, 5) is 4.32. The predicted molar refractivity (Wildman–Crippen MR) is 128 cm³/mol. The van der Waals surface area contributed by atoms with E-state index in [9.17, 15) is 8.78 Å². The minimum Gasteiger partial charge on any atom is -0.367 e. The Hall–Kier alpha value is -3.36. The standard InChI is InChI=1S/C25H23F2N5S/c26-20-12-10-19(11-13-20)24-28-31(25(33)32(24)21-6-2-1-3-7-21)18-29-14-16-30(17-15-29)23-9-5-4-8-22(23)27/h1-13H,14-18H2. The average Bonchev–Trinajstić information content (AvgIpc) is 3.17. The van der Waals surface area contributed by atoms with Crippen LogP contribution in [0.1, 0.15) is 0 Å². The van der Waals surface area contributed by atoms with Gasteiger partial charge in [0.1, 0.15) is 11.6 Å². The largest absolute Gasteiger partial charge is 0.367 e. The highest BCUT2D eigenvalue weighted by Gasteiger charge is 2.21. The molecule has 5 nitrogen and oxygen atoms in total. The number of anilines is 1. The molecule has 3 aromatic carbocycles. The van der Waals surface area contributed by atoms with Crippen LogP contribution in [0.4, 0.5) is 14.5 Å². The first kappa shape index (κ1) is 21.5. The fourth-order valence-corrected chi connectivity index (χ4v) is 4.41. The number of rotatable bonds is 5. The van der Waals surface area contributed by atoms with Crippen molar-refractivity contribution >= 4 is 17.9 Å². The number of aromatic nitrogens is 3. The van der Waals surface area contributed by atoms with E-state index < -0.39 is 0 Å². The fraction of sp³-hybridized carbons (Fsp3) is 0.200. The minimum atomic E-state index is -0.296. The molecule has 0 saturated carbocycles. The molecule has 0 bridgehead atoms. The van der Waals surface area contributed by atoms with Crippen LogP contribution in [0.15, 0.2) is 78.9 Å². The van der Waals surface area contributed by atoms with Crippen molar-refractivity contribution in [2.24, 2.45) is 0 Å². The summed E-state index contributed by atoms with van der Waals surface area (Å²) in [6, 6.07) is 22.9. The van der Waals surface area contributed by atoms with E-state index in [1.807, 2.05) is 47.0 Å². The monoisotopic (exact) mass is 463 g/mol. The van der Waals surface area contributed by atoms with Crippen molar-refractivity contribution in [3.8, 4) is 17.1 Å². The maximum absolute atomic E-state index is 14.2. The molecule has 0 spiro atoms. The average molecular weight is 464 g/mol. The number of para-hydroxylation sites is 2. The Kier molecular flexibility index (Phi) is 6.02. The summed E-state index contributed by atoms with van der Waals surface area (Å²) in [6.45, 7) is 3.50. The first-order valence-electron chi connectivity index (χ1n) is 10.8. The highest BCUT2D eigenvalue weighted by molar-refractivity contribution is 7.71.